The maximum atomic E-state index is 12.0. The number of hydrogen-bond donors (Lipinski definition) is 1. The third-order valence-corrected chi connectivity index (χ3v) is 2.74. The molecule has 20 heavy (non-hydrogen) atoms. The molecule has 1 N–H and O–H groups in total. The van der Waals surface area contributed by atoms with Crippen molar-refractivity contribution in [3.8, 4) is 5.75 Å². The molecule has 0 saturated heterocycles. The second kappa shape index (κ2) is 6.19. The van der Waals surface area contributed by atoms with E-state index in [2.05, 4.69) is 10.3 Å². The molecule has 0 aliphatic rings. The van der Waals surface area contributed by atoms with Gasteiger partial charge in [0.15, 0.2) is 0 Å². The second-order valence-corrected chi connectivity index (χ2v) is 4.84. The minimum absolute atomic E-state index is 0.131. The van der Waals surface area contributed by atoms with Crippen molar-refractivity contribution in [2.24, 2.45) is 0 Å². The molecule has 104 valence electrons. The van der Waals surface area contributed by atoms with E-state index in [1.807, 2.05) is 39.0 Å². The van der Waals surface area contributed by atoms with E-state index in [4.69, 9.17) is 4.74 Å². The Balaban J connectivity index is 2.11. The maximum absolute atomic E-state index is 12.0. The van der Waals surface area contributed by atoms with Gasteiger partial charge in [0.2, 0.25) is 0 Å². The summed E-state index contributed by atoms with van der Waals surface area (Å²) in [5.74, 6) is 0.686. The lowest BCUT2D eigenvalue weighted by atomic mass is 10.2. The Morgan fingerprint density at radius 1 is 1.20 bits per heavy atom. The first-order chi connectivity index (χ1) is 9.56. The van der Waals surface area contributed by atoms with Crippen molar-refractivity contribution in [3.05, 3.63) is 53.9 Å². The standard InChI is InChI=1S/C16H18N2O2/c1-11(2)20-15-5-4-14(10-12(15)3)18-16(19)13-6-8-17-9-7-13/h4-11H,1-3H3,(H,18,19). The molecule has 4 heteroatoms. The van der Waals surface area contributed by atoms with Crippen molar-refractivity contribution in [2.45, 2.75) is 26.9 Å². The number of hydrogen-bond acceptors (Lipinski definition) is 3. The Labute approximate surface area is 118 Å². The zero-order valence-corrected chi connectivity index (χ0v) is 11.9. The summed E-state index contributed by atoms with van der Waals surface area (Å²) in [7, 11) is 0. The van der Waals surface area contributed by atoms with E-state index >= 15 is 0 Å². The second-order valence-electron chi connectivity index (χ2n) is 4.84. The monoisotopic (exact) mass is 270 g/mol. The summed E-state index contributed by atoms with van der Waals surface area (Å²) >= 11 is 0. The van der Waals surface area contributed by atoms with Crippen LogP contribution >= 0.6 is 0 Å². The number of rotatable bonds is 4. The van der Waals surface area contributed by atoms with Crippen molar-refractivity contribution in [1.82, 2.24) is 4.98 Å². The van der Waals surface area contributed by atoms with E-state index < -0.39 is 0 Å². The molecule has 0 aliphatic heterocycles. The highest BCUT2D eigenvalue weighted by atomic mass is 16.5. The molecule has 1 aromatic carbocycles. The van der Waals surface area contributed by atoms with Crippen LogP contribution in [0.25, 0.3) is 0 Å². The van der Waals surface area contributed by atoms with E-state index in [1.54, 1.807) is 24.5 Å². The fraction of sp³-hybridized carbons (Fsp3) is 0.250. The van der Waals surface area contributed by atoms with Crippen LogP contribution in [0.1, 0.15) is 29.8 Å². The molecule has 0 unspecified atom stereocenters. The van der Waals surface area contributed by atoms with E-state index in [0.717, 1.165) is 17.0 Å². The van der Waals surface area contributed by atoms with Gasteiger partial charge in [-0.1, -0.05) is 0 Å². The van der Waals surface area contributed by atoms with Gasteiger partial charge in [-0.05, 0) is 56.7 Å². The molecule has 0 saturated carbocycles. The van der Waals surface area contributed by atoms with Gasteiger partial charge in [-0.25, -0.2) is 0 Å². The van der Waals surface area contributed by atoms with Crippen LogP contribution in [0.5, 0.6) is 5.75 Å². The fourth-order valence-electron chi connectivity index (χ4n) is 1.82. The molecule has 2 rings (SSSR count). The summed E-state index contributed by atoms with van der Waals surface area (Å²) in [6.45, 7) is 5.93. The number of benzene rings is 1. The first kappa shape index (κ1) is 14.1. The number of nitrogens with zero attached hydrogens (tertiary/aromatic N) is 1. The molecule has 0 aliphatic carbocycles. The van der Waals surface area contributed by atoms with Crippen LogP contribution in [-0.2, 0) is 0 Å². The first-order valence-corrected chi connectivity index (χ1v) is 6.55. The summed E-state index contributed by atoms with van der Waals surface area (Å²) < 4.78 is 5.67. The highest BCUT2D eigenvalue weighted by Gasteiger charge is 2.07. The summed E-state index contributed by atoms with van der Waals surface area (Å²) in [5.41, 5.74) is 2.33. The van der Waals surface area contributed by atoms with E-state index in [0.29, 0.717) is 5.56 Å². The van der Waals surface area contributed by atoms with Gasteiger partial charge in [0.25, 0.3) is 5.91 Å². The minimum Gasteiger partial charge on any atom is -0.491 e. The lowest BCUT2D eigenvalue weighted by Crippen LogP contribution is -2.12. The topological polar surface area (TPSA) is 51.2 Å². The summed E-state index contributed by atoms with van der Waals surface area (Å²) in [5, 5.41) is 2.86. The molecule has 0 bridgehead atoms. The summed E-state index contributed by atoms with van der Waals surface area (Å²) in [6, 6.07) is 8.97. The van der Waals surface area contributed by atoms with Crippen LogP contribution in [0.3, 0.4) is 0 Å². The minimum atomic E-state index is -0.149. The van der Waals surface area contributed by atoms with Crippen LogP contribution in [0.4, 0.5) is 5.69 Å². The number of aryl methyl sites for hydroxylation is 1. The predicted molar refractivity (Wildman–Crippen MR) is 79.1 cm³/mol. The third kappa shape index (κ3) is 3.57. The van der Waals surface area contributed by atoms with Crippen molar-refractivity contribution < 1.29 is 9.53 Å². The molecular formula is C16H18N2O2. The van der Waals surface area contributed by atoms with Gasteiger partial charge in [0.1, 0.15) is 5.75 Å². The van der Waals surface area contributed by atoms with Gasteiger partial charge in [-0.15, -0.1) is 0 Å². The number of carbonyl (C=O) groups is 1. The number of carbonyl (C=O) groups excluding carboxylic acids is 1. The first-order valence-electron chi connectivity index (χ1n) is 6.55. The zero-order chi connectivity index (χ0) is 14.5. The highest BCUT2D eigenvalue weighted by molar-refractivity contribution is 6.04. The maximum Gasteiger partial charge on any atom is 0.255 e. The number of aromatic nitrogens is 1. The molecular weight excluding hydrogens is 252 g/mol. The van der Waals surface area contributed by atoms with Crippen LogP contribution in [0, 0.1) is 6.92 Å². The van der Waals surface area contributed by atoms with Crippen LogP contribution in [0.15, 0.2) is 42.7 Å². The molecule has 0 spiro atoms. The zero-order valence-electron chi connectivity index (χ0n) is 11.9. The molecule has 0 radical (unpaired) electrons. The van der Waals surface area contributed by atoms with Crippen LogP contribution in [-0.4, -0.2) is 17.0 Å². The summed E-state index contributed by atoms with van der Waals surface area (Å²) in [6.07, 6.45) is 3.32. The number of amides is 1. The van der Waals surface area contributed by atoms with Gasteiger partial charge in [0, 0.05) is 23.6 Å². The van der Waals surface area contributed by atoms with Gasteiger partial charge < -0.3 is 10.1 Å². The predicted octanol–water partition coefficient (Wildman–Crippen LogP) is 3.43. The number of anilines is 1. The lowest BCUT2D eigenvalue weighted by molar-refractivity contribution is 0.102. The number of ether oxygens (including phenoxy) is 1. The third-order valence-electron chi connectivity index (χ3n) is 2.74. The van der Waals surface area contributed by atoms with E-state index in [9.17, 15) is 4.79 Å². The van der Waals surface area contributed by atoms with E-state index in [-0.39, 0.29) is 12.0 Å². The Hall–Kier alpha value is -2.36. The Morgan fingerprint density at radius 3 is 2.50 bits per heavy atom. The van der Waals surface area contributed by atoms with Gasteiger partial charge in [-0.3, -0.25) is 9.78 Å². The average molecular weight is 270 g/mol. The molecule has 1 heterocycles. The average Bonchev–Trinajstić information content (AvgIpc) is 2.42. The van der Waals surface area contributed by atoms with Gasteiger partial charge in [-0.2, -0.15) is 0 Å². The van der Waals surface area contributed by atoms with Crippen LogP contribution in [0.2, 0.25) is 0 Å². The summed E-state index contributed by atoms with van der Waals surface area (Å²) in [4.78, 5) is 15.9. The Kier molecular flexibility index (Phi) is 4.35. The Bertz CT molecular complexity index is 595. The van der Waals surface area contributed by atoms with Gasteiger partial charge in [0.05, 0.1) is 6.10 Å². The quantitative estimate of drug-likeness (QED) is 0.926. The lowest BCUT2D eigenvalue weighted by Gasteiger charge is -2.13. The number of pyridine rings is 1. The Morgan fingerprint density at radius 2 is 1.90 bits per heavy atom. The largest absolute Gasteiger partial charge is 0.491 e. The normalized spacial score (nSPS) is 10.4. The molecule has 2 aromatic rings. The molecule has 1 amide bonds. The highest BCUT2D eigenvalue weighted by Crippen LogP contribution is 2.23. The van der Waals surface area contributed by atoms with Crippen molar-refractivity contribution in [3.63, 3.8) is 0 Å². The molecule has 0 atom stereocenters. The van der Waals surface area contributed by atoms with Crippen molar-refractivity contribution in [1.29, 1.82) is 0 Å². The van der Waals surface area contributed by atoms with Crippen molar-refractivity contribution >= 4 is 11.6 Å². The van der Waals surface area contributed by atoms with Gasteiger partial charge >= 0.3 is 0 Å². The number of nitrogens with one attached hydrogen (secondary N) is 1. The van der Waals surface area contributed by atoms with E-state index in [1.165, 1.54) is 0 Å². The van der Waals surface area contributed by atoms with Crippen LogP contribution < -0.4 is 10.1 Å². The molecule has 0 fully saturated rings. The fourth-order valence-corrected chi connectivity index (χ4v) is 1.82. The molecule has 1 aromatic heterocycles. The smallest absolute Gasteiger partial charge is 0.255 e. The molecule has 4 nitrogen and oxygen atoms in total. The van der Waals surface area contributed by atoms with Crippen molar-refractivity contribution in [2.75, 3.05) is 5.32 Å². The SMILES string of the molecule is Cc1cc(NC(=O)c2ccncc2)ccc1OC(C)C.